The van der Waals surface area contributed by atoms with Gasteiger partial charge in [0.05, 0.1) is 19.3 Å². The van der Waals surface area contributed by atoms with Gasteiger partial charge < -0.3 is 13.9 Å². The molecule has 1 aromatic heterocycles. The van der Waals surface area contributed by atoms with Crippen LogP contribution in [0.3, 0.4) is 0 Å². The SMILES string of the molecule is CCOC(=O)c1c(-c2ccccc2OC)oc2ccccc12. The van der Waals surface area contributed by atoms with Crippen LogP contribution in [-0.2, 0) is 4.74 Å². The normalized spacial score (nSPS) is 10.6. The Bertz CT molecular complexity index is 817. The third-order valence-corrected chi connectivity index (χ3v) is 3.43. The highest BCUT2D eigenvalue weighted by Gasteiger charge is 2.24. The van der Waals surface area contributed by atoms with Gasteiger partial charge in [0, 0.05) is 5.39 Å². The third kappa shape index (κ3) is 2.33. The number of benzene rings is 2. The summed E-state index contributed by atoms with van der Waals surface area (Å²) in [6.07, 6.45) is 0. The van der Waals surface area contributed by atoms with Crippen molar-refractivity contribution in [3.63, 3.8) is 0 Å². The molecule has 0 radical (unpaired) electrons. The predicted molar refractivity (Wildman–Crippen MR) is 84.2 cm³/mol. The van der Waals surface area contributed by atoms with Crippen LogP contribution in [-0.4, -0.2) is 19.7 Å². The number of rotatable bonds is 4. The summed E-state index contributed by atoms with van der Waals surface area (Å²) in [5.74, 6) is 0.720. The number of hydrogen-bond donors (Lipinski definition) is 0. The van der Waals surface area contributed by atoms with Gasteiger partial charge in [0.2, 0.25) is 0 Å². The van der Waals surface area contributed by atoms with Crippen molar-refractivity contribution in [2.45, 2.75) is 6.92 Å². The lowest BCUT2D eigenvalue weighted by Crippen LogP contribution is -2.05. The molecule has 22 heavy (non-hydrogen) atoms. The molecule has 112 valence electrons. The fourth-order valence-electron chi connectivity index (χ4n) is 2.47. The molecule has 0 unspecified atom stereocenters. The molecule has 0 aliphatic heterocycles. The molecule has 2 aromatic carbocycles. The largest absolute Gasteiger partial charge is 0.496 e. The van der Waals surface area contributed by atoms with Gasteiger partial charge in [-0.25, -0.2) is 4.79 Å². The summed E-state index contributed by atoms with van der Waals surface area (Å²) in [4.78, 5) is 12.4. The lowest BCUT2D eigenvalue weighted by Gasteiger charge is -2.07. The summed E-state index contributed by atoms with van der Waals surface area (Å²) in [5.41, 5.74) is 1.80. The molecule has 0 aliphatic rings. The van der Waals surface area contributed by atoms with E-state index in [1.54, 1.807) is 14.0 Å². The van der Waals surface area contributed by atoms with E-state index < -0.39 is 5.97 Å². The van der Waals surface area contributed by atoms with Crippen molar-refractivity contribution in [2.24, 2.45) is 0 Å². The quantitative estimate of drug-likeness (QED) is 0.674. The Kier molecular flexibility index (Phi) is 3.83. The van der Waals surface area contributed by atoms with E-state index in [9.17, 15) is 4.79 Å². The standard InChI is InChI=1S/C18H16O4/c1-3-21-18(19)16-12-8-4-7-11-15(12)22-17(16)13-9-5-6-10-14(13)20-2/h4-11H,3H2,1-2H3. The third-order valence-electron chi connectivity index (χ3n) is 3.43. The molecular weight excluding hydrogens is 280 g/mol. The van der Waals surface area contributed by atoms with Gasteiger partial charge in [0.25, 0.3) is 0 Å². The van der Waals surface area contributed by atoms with E-state index in [-0.39, 0.29) is 0 Å². The molecule has 0 atom stereocenters. The molecule has 0 N–H and O–H groups in total. The van der Waals surface area contributed by atoms with E-state index in [0.717, 1.165) is 10.9 Å². The number of fused-ring (bicyclic) bond motifs is 1. The lowest BCUT2D eigenvalue weighted by atomic mass is 10.0. The van der Waals surface area contributed by atoms with Gasteiger partial charge in [-0.1, -0.05) is 30.3 Å². The molecule has 0 fully saturated rings. The number of furan rings is 1. The Morgan fingerprint density at radius 1 is 1.09 bits per heavy atom. The van der Waals surface area contributed by atoms with Crippen LogP contribution >= 0.6 is 0 Å². The average molecular weight is 296 g/mol. The van der Waals surface area contributed by atoms with Gasteiger partial charge in [-0.15, -0.1) is 0 Å². The van der Waals surface area contributed by atoms with Gasteiger partial charge in [-0.2, -0.15) is 0 Å². The molecule has 3 rings (SSSR count). The molecule has 0 saturated carbocycles. The van der Waals surface area contributed by atoms with Crippen molar-refractivity contribution in [3.8, 4) is 17.1 Å². The molecule has 1 heterocycles. The number of carbonyl (C=O) groups excluding carboxylic acids is 1. The summed E-state index contributed by atoms with van der Waals surface area (Å²) in [6.45, 7) is 2.09. The van der Waals surface area contributed by atoms with E-state index in [2.05, 4.69) is 0 Å². The minimum absolute atomic E-state index is 0.309. The van der Waals surface area contributed by atoms with Crippen LogP contribution in [0, 0.1) is 0 Å². The molecule has 0 aliphatic carbocycles. The van der Waals surface area contributed by atoms with Crippen LogP contribution in [0.2, 0.25) is 0 Å². The van der Waals surface area contributed by atoms with Crippen LogP contribution in [0.5, 0.6) is 5.75 Å². The Morgan fingerprint density at radius 2 is 1.82 bits per heavy atom. The van der Waals surface area contributed by atoms with Crippen molar-refractivity contribution in [1.82, 2.24) is 0 Å². The Balaban J connectivity index is 2.29. The van der Waals surface area contributed by atoms with E-state index in [0.29, 0.717) is 29.3 Å². The minimum Gasteiger partial charge on any atom is -0.496 e. The van der Waals surface area contributed by atoms with Gasteiger partial charge in [0.1, 0.15) is 16.9 Å². The first-order valence-electron chi connectivity index (χ1n) is 7.08. The van der Waals surface area contributed by atoms with Crippen molar-refractivity contribution in [3.05, 3.63) is 54.1 Å². The molecule has 3 aromatic rings. The van der Waals surface area contributed by atoms with Crippen LogP contribution in [0.4, 0.5) is 0 Å². The maximum Gasteiger partial charge on any atom is 0.342 e. The van der Waals surface area contributed by atoms with Crippen molar-refractivity contribution < 1.29 is 18.7 Å². The topological polar surface area (TPSA) is 48.7 Å². The maximum absolute atomic E-state index is 12.4. The highest BCUT2D eigenvalue weighted by atomic mass is 16.5. The summed E-state index contributed by atoms with van der Waals surface area (Å²) < 4.78 is 16.5. The van der Waals surface area contributed by atoms with Crippen molar-refractivity contribution in [2.75, 3.05) is 13.7 Å². The van der Waals surface area contributed by atoms with Crippen molar-refractivity contribution >= 4 is 16.9 Å². The van der Waals surface area contributed by atoms with E-state index in [4.69, 9.17) is 13.9 Å². The van der Waals surface area contributed by atoms with Gasteiger partial charge in [-0.05, 0) is 25.1 Å². The summed E-state index contributed by atoms with van der Waals surface area (Å²) in [5, 5.41) is 0.738. The zero-order valence-corrected chi connectivity index (χ0v) is 12.5. The van der Waals surface area contributed by atoms with Gasteiger partial charge >= 0.3 is 5.97 Å². The van der Waals surface area contributed by atoms with Crippen LogP contribution in [0.1, 0.15) is 17.3 Å². The first kappa shape index (κ1) is 14.2. The van der Waals surface area contributed by atoms with Gasteiger partial charge in [0.15, 0.2) is 5.76 Å². The van der Waals surface area contributed by atoms with E-state index >= 15 is 0 Å². The smallest absolute Gasteiger partial charge is 0.342 e. The molecule has 4 heteroatoms. The highest BCUT2D eigenvalue weighted by molar-refractivity contribution is 6.09. The number of carbonyl (C=O) groups is 1. The van der Waals surface area contributed by atoms with E-state index in [1.807, 2.05) is 48.5 Å². The fraction of sp³-hybridized carbons (Fsp3) is 0.167. The highest BCUT2D eigenvalue weighted by Crippen LogP contribution is 2.38. The van der Waals surface area contributed by atoms with Crippen LogP contribution in [0.15, 0.2) is 52.9 Å². The molecule has 0 amide bonds. The number of esters is 1. The molecule has 0 spiro atoms. The molecular formula is C18H16O4. The first-order valence-corrected chi connectivity index (χ1v) is 7.08. The van der Waals surface area contributed by atoms with Gasteiger partial charge in [-0.3, -0.25) is 0 Å². The number of hydrogen-bond acceptors (Lipinski definition) is 4. The summed E-state index contributed by atoms with van der Waals surface area (Å²) >= 11 is 0. The molecule has 4 nitrogen and oxygen atoms in total. The second kappa shape index (κ2) is 5.93. The predicted octanol–water partition coefficient (Wildman–Crippen LogP) is 4.29. The number of methoxy groups -OCH3 is 1. The Morgan fingerprint density at radius 3 is 2.59 bits per heavy atom. The molecule has 0 bridgehead atoms. The Hall–Kier alpha value is -2.75. The number of ether oxygens (including phenoxy) is 2. The second-order valence-electron chi connectivity index (χ2n) is 4.72. The zero-order valence-electron chi connectivity index (χ0n) is 12.5. The number of para-hydroxylation sites is 2. The minimum atomic E-state index is -0.395. The Labute approximate surface area is 128 Å². The monoisotopic (exact) mass is 296 g/mol. The van der Waals surface area contributed by atoms with Crippen LogP contribution in [0.25, 0.3) is 22.3 Å². The maximum atomic E-state index is 12.4. The average Bonchev–Trinajstić information content (AvgIpc) is 2.94. The summed E-state index contributed by atoms with van der Waals surface area (Å²) in [7, 11) is 1.59. The van der Waals surface area contributed by atoms with Crippen molar-refractivity contribution in [1.29, 1.82) is 0 Å². The fourth-order valence-corrected chi connectivity index (χ4v) is 2.47. The summed E-state index contributed by atoms with van der Waals surface area (Å²) in [6, 6.07) is 14.9. The lowest BCUT2D eigenvalue weighted by molar-refractivity contribution is 0.0529. The zero-order chi connectivity index (χ0) is 15.5. The second-order valence-corrected chi connectivity index (χ2v) is 4.72. The van der Waals surface area contributed by atoms with Crippen LogP contribution < -0.4 is 4.74 Å². The molecule has 0 saturated heterocycles. The first-order chi connectivity index (χ1) is 10.8. The van der Waals surface area contributed by atoms with E-state index in [1.165, 1.54) is 0 Å².